The zero-order valence-electron chi connectivity index (χ0n) is 12.8. The summed E-state index contributed by atoms with van der Waals surface area (Å²) in [6.45, 7) is 3.18. The minimum Gasteiger partial charge on any atom is -0.481 e. The van der Waals surface area contributed by atoms with Gasteiger partial charge in [0, 0.05) is 30.7 Å². The maximum Gasteiger partial charge on any atom is 0.318 e. The van der Waals surface area contributed by atoms with Crippen LogP contribution in [0.25, 0.3) is 0 Å². The van der Waals surface area contributed by atoms with Gasteiger partial charge in [0.1, 0.15) is 0 Å². The third-order valence-corrected chi connectivity index (χ3v) is 5.62. The zero-order valence-corrected chi connectivity index (χ0v) is 12.8. The summed E-state index contributed by atoms with van der Waals surface area (Å²) in [5, 5.41) is 12.4. The van der Waals surface area contributed by atoms with Crippen molar-refractivity contribution in [1.29, 1.82) is 0 Å². The number of rotatable bonds is 2. The van der Waals surface area contributed by atoms with Gasteiger partial charge in [0.05, 0.1) is 5.92 Å². The number of aliphatic carboxylic acids is 1. The van der Waals surface area contributed by atoms with Crippen LogP contribution in [0.4, 0.5) is 4.79 Å². The lowest BCUT2D eigenvalue weighted by atomic mass is 9.89. The largest absolute Gasteiger partial charge is 0.481 e. The Hall–Kier alpha value is -1.30. The van der Waals surface area contributed by atoms with Crippen LogP contribution in [0, 0.1) is 5.92 Å². The molecule has 0 aromatic carbocycles. The average Bonchev–Trinajstić information content (AvgIpc) is 3.00. The standard InChI is InChI=1S/C15H25N3O3/c1-9-7-10(5-6-17(9)2)16-15(21)18-11-3-4-13(18)12(8-11)14(19)20/h9-13H,3-8H2,1-2H3,(H,16,21)(H,19,20). The first-order valence-electron chi connectivity index (χ1n) is 7.99. The van der Waals surface area contributed by atoms with E-state index in [1.807, 2.05) is 4.90 Å². The second kappa shape index (κ2) is 5.48. The number of carbonyl (C=O) groups excluding carboxylic acids is 1. The molecule has 0 radical (unpaired) electrons. The molecule has 0 aliphatic carbocycles. The van der Waals surface area contributed by atoms with Gasteiger partial charge in [-0.05, 0) is 46.1 Å². The van der Waals surface area contributed by atoms with Crippen LogP contribution in [0.5, 0.6) is 0 Å². The Kier molecular flexibility index (Phi) is 3.82. The van der Waals surface area contributed by atoms with E-state index in [9.17, 15) is 14.7 Å². The second-order valence-corrected chi connectivity index (χ2v) is 6.89. The molecule has 0 spiro atoms. The van der Waals surface area contributed by atoms with Crippen molar-refractivity contribution in [2.45, 2.75) is 63.2 Å². The van der Waals surface area contributed by atoms with Gasteiger partial charge in [-0.15, -0.1) is 0 Å². The highest BCUT2D eigenvalue weighted by Gasteiger charge is 2.51. The van der Waals surface area contributed by atoms with E-state index in [2.05, 4.69) is 24.2 Å². The van der Waals surface area contributed by atoms with E-state index in [0.29, 0.717) is 12.5 Å². The number of hydrogen-bond donors (Lipinski definition) is 2. The molecule has 6 heteroatoms. The van der Waals surface area contributed by atoms with E-state index < -0.39 is 5.97 Å². The van der Waals surface area contributed by atoms with Crippen LogP contribution >= 0.6 is 0 Å². The fourth-order valence-corrected chi connectivity index (χ4v) is 4.24. The number of nitrogens with one attached hydrogen (secondary N) is 1. The summed E-state index contributed by atoms with van der Waals surface area (Å²) in [4.78, 5) is 27.9. The Balaban J connectivity index is 1.60. The van der Waals surface area contributed by atoms with Gasteiger partial charge >= 0.3 is 12.0 Å². The van der Waals surface area contributed by atoms with Gasteiger partial charge in [0.15, 0.2) is 0 Å². The average molecular weight is 295 g/mol. The molecular formula is C15H25N3O3. The molecule has 2 N–H and O–H groups in total. The number of likely N-dealkylation sites (tertiary alicyclic amines) is 1. The Morgan fingerprint density at radius 2 is 1.95 bits per heavy atom. The molecule has 0 saturated carbocycles. The summed E-state index contributed by atoms with van der Waals surface area (Å²) in [6.07, 6.45) is 4.34. The number of carboxylic acid groups (broad SMARTS) is 1. The lowest BCUT2D eigenvalue weighted by Gasteiger charge is -2.36. The maximum absolute atomic E-state index is 12.5. The van der Waals surface area contributed by atoms with Crippen molar-refractivity contribution in [3.63, 3.8) is 0 Å². The summed E-state index contributed by atoms with van der Waals surface area (Å²) in [5.74, 6) is -1.13. The Bertz CT molecular complexity index is 442. The number of urea groups is 1. The molecule has 0 aromatic heterocycles. The normalized spacial score (nSPS) is 39.5. The summed E-state index contributed by atoms with van der Waals surface area (Å²) in [5.41, 5.74) is 0. The van der Waals surface area contributed by atoms with Crippen molar-refractivity contribution in [3.8, 4) is 0 Å². The fourth-order valence-electron chi connectivity index (χ4n) is 4.24. The van der Waals surface area contributed by atoms with Crippen LogP contribution in [0.1, 0.15) is 39.0 Å². The summed E-state index contributed by atoms with van der Waals surface area (Å²) >= 11 is 0. The lowest BCUT2D eigenvalue weighted by molar-refractivity contribution is -0.142. The van der Waals surface area contributed by atoms with Gasteiger partial charge in [-0.2, -0.15) is 0 Å². The van der Waals surface area contributed by atoms with Gasteiger partial charge in [-0.25, -0.2) is 4.79 Å². The van der Waals surface area contributed by atoms with Crippen molar-refractivity contribution in [2.75, 3.05) is 13.6 Å². The molecule has 0 aromatic rings. The molecule has 3 heterocycles. The number of carboxylic acids is 1. The van der Waals surface area contributed by atoms with E-state index >= 15 is 0 Å². The third-order valence-electron chi connectivity index (χ3n) is 5.62. The van der Waals surface area contributed by atoms with Crippen molar-refractivity contribution >= 4 is 12.0 Å². The molecule has 5 unspecified atom stereocenters. The van der Waals surface area contributed by atoms with Crippen LogP contribution < -0.4 is 5.32 Å². The first-order chi connectivity index (χ1) is 9.97. The van der Waals surface area contributed by atoms with Gasteiger partial charge in [-0.3, -0.25) is 4.79 Å². The maximum atomic E-state index is 12.5. The minimum absolute atomic E-state index is 0.0481. The van der Waals surface area contributed by atoms with Gasteiger partial charge in [-0.1, -0.05) is 0 Å². The van der Waals surface area contributed by atoms with E-state index in [0.717, 1.165) is 32.2 Å². The highest BCUT2D eigenvalue weighted by molar-refractivity contribution is 5.79. The predicted molar refractivity (Wildman–Crippen MR) is 78.0 cm³/mol. The topological polar surface area (TPSA) is 72.9 Å². The van der Waals surface area contributed by atoms with Crippen LogP contribution in [-0.2, 0) is 4.79 Å². The number of amides is 2. The van der Waals surface area contributed by atoms with E-state index in [1.165, 1.54) is 0 Å². The van der Waals surface area contributed by atoms with E-state index in [-0.39, 0.29) is 30.1 Å². The quantitative estimate of drug-likeness (QED) is 0.800. The molecule has 3 aliphatic rings. The van der Waals surface area contributed by atoms with Crippen molar-refractivity contribution in [2.24, 2.45) is 5.92 Å². The first-order valence-corrected chi connectivity index (χ1v) is 7.99. The Labute approximate surface area is 125 Å². The second-order valence-electron chi connectivity index (χ2n) is 6.89. The summed E-state index contributed by atoms with van der Waals surface area (Å²) < 4.78 is 0. The first kappa shape index (κ1) is 14.6. The number of nitrogens with zero attached hydrogens (tertiary/aromatic N) is 2. The lowest BCUT2D eigenvalue weighted by Crippen LogP contribution is -2.52. The van der Waals surface area contributed by atoms with Gasteiger partial charge in [0.25, 0.3) is 0 Å². The Morgan fingerprint density at radius 3 is 2.57 bits per heavy atom. The molecular weight excluding hydrogens is 270 g/mol. The molecule has 118 valence electrons. The number of carbonyl (C=O) groups is 2. The van der Waals surface area contributed by atoms with Crippen LogP contribution in [-0.4, -0.2) is 64.7 Å². The van der Waals surface area contributed by atoms with E-state index in [4.69, 9.17) is 0 Å². The molecule has 3 aliphatic heterocycles. The molecule has 21 heavy (non-hydrogen) atoms. The third kappa shape index (κ3) is 2.61. The molecule has 2 amide bonds. The van der Waals surface area contributed by atoms with Crippen LogP contribution in [0.3, 0.4) is 0 Å². The Morgan fingerprint density at radius 1 is 1.19 bits per heavy atom. The molecule has 3 rings (SSSR count). The highest BCUT2D eigenvalue weighted by atomic mass is 16.4. The summed E-state index contributed by atoms with van der Waals surface area (Å²) in [6, 6.07) is 0.669. The number of hydrogen-bond acceptors (Lipinski definition) is 3. The monoisotopic (exact) mass is 295 g/mol. The fraction of sp³-hybridized carbons (Fsp3) is 0.867. The predicted octanol–water partition coefficient (Wildman–Crippen LogP) is 1.12. The van der Waals surface area contributed by atoms with Crippen LogP contribution in [0.2, 0.25) is 0 Å². The number of piperidine rings is 1. The van der Waals surface area contributed by atoms with Crippen LogP contribution in [0.15, 0.2) is 0 Å². The molecule has 3 fully saturated rings. The van der Waals surface area contributed by atoms with Gasteiger partial charge < -0.3 is 20.2 Å². The highest BCUT2D eigenvalue weighted by Crippen LogP contribution is 2.41. The molecule has 5 atom stereocenters. The minimum atomic E-state index is -0.757. The number of fused-ring (bicyclic) bond motifs is 2. The van der Waals surface area contributed by atoms with Crippen molar-refractivity contribution in [1.82, 2.24) is 15.1 Å². The SMILES string of the molecule is CC1CC(NC(=O)N2C3CCC2C(C(=O)O)C3)CCN1C. The summed E-state index contributed by atoms with van der Waals surface area (Å²) in [7, 11) is 2.11. The van der Waals surface area contributed by atoms with Crippen molar-refractivity contribution < 1.29 is 14.7 Å². The molecule has 3 saturated heterocycles. The zero-order chi connectivity index (χ0) is 15.1. The molecule has 6 nitrogen and oxygen atoms in total. The van der Waals surface area contributed by atoms with E-state index in [1.54, 1.807) is 0 Å². The van der Waals surface area contributed by atoms with Crippen molar-refractivity contribution in [3.05, 3.63) is 0 Å². The van der Waals surface area contributed by atoms with Gasteiger partial charge in [0.2, 0.25) is 0 Å². The molecule has 2 bridgehead atoms. The smallest absolute Gasteiger partial charge is 0.318 e.